The fraction of sp³-hybridized carbons (Fsp3) is 0.500. The van der Waals surface area contributed by atoms with Crippen LogP contribution in [0.15, 0.2) is 29.5 Å². The molecule has 0 amide bonds. The van der Waals surface area contributed by atoms with E-state index in [1.165, 1.54) is 0 Å². The van der Waals surface area contributed by atoms with Gasteiger partial charge in [-0.25, -0.2) is 9.97 Å². The second-order valence-electron chi connectivity index (χ2n) is 6.81. The normalized spacial score (nSPS) is 16.7. The van der Waals surface area contributed by atoms with Gasteiger partial charge in [-0.05, 0) is 18.6 Å². The first-order valence-corrected chi connectivity index (χ1v) is 9.38. The van der Waals surface area contributed by atoms with Crippen molar-refractivity contribution in [3.05, 3.63) is 35.2 Å². The lowest BCUT2D eigenvalue weighted by Crippen LogP contribution is -2.44. The van der Waals surface area contributed by atoms with Gasteiger partial charge in [-0.3, -0.25) is 4.99 Å². The number of nitrogens with one attached hydrogen (secondary N) is 2. The molecule has 0 aromatic carbocycles. The van der Waals surface area contributed by atoms with Crippen LogP contribution in [0, 0.1) is 0 Å². The Kier molecular flexibility index (Phi) is 8.17. The van der Waals surface area contributed by atoms with Crippen molar-refractivity contribution in [2.45, 2.75) is 19.0 Å². The van der Waals surface area contributed by atoms with Gasteiger partial charge in [0, 0.05) is 53.5 Å². The van der Waals surface area contributed by atoms with E-state index >= 15 is 0 Å². The number of aliphatic imine (C=N–C) groups is 1. The van der Waals surface area contributed by atoms with Gasteiger partial charge in [-0.1, -0.05) is 11.6 Å². The molecular formula is C18H28ClIN8. The number of nitrogens with zero attached hydrogens (tertiary/aromatic N) is 6. The van der Waals surface area contributed by atoms with E-state index in [1.807, 2.05) is 44.4 Å². The zero-order chi connectivity index (χ0) is 19.4. The Bertz CT molecular complexity index is 807. The molecule has 3 heterocycles. The lowest BCUT2D eigenvalue weighted by atomic mass is 10.3. The van der Waals surface area contributed by atoms with Crippen molar-refractivity contribution in [2.24, 2.45) is 12.0 Å². The number of halogens is 2. The fourth-order valence-corrected chi connectivity index (χ4v) is 3.50. The van der Waals surface area contributed by atoms with E-state index in [9.17, 15) is 0 Å². The molecule has 0 saturated carbocycles. The standard InChI is InChI=1S/C18H27ClN8.HI/c1-20-17(22-10-14-11-23-18(25(2)3)26(14)4)24-13-7-9-27(12-13)16-15(19)6-5-8-21-16;/h5-6,8,11,13H,7,9-10,12H2,1-4H3,(H2,20,22,24);1H. The van der Waals surface area contributed by atoms with Crippen molar-refractivity contribution >= 4 is 53.3 Å². The summed E-state index contributed by atoms with van der Waals surface area (Å²) in [6, 6.07) is 4.02. The summed E-state index contributed by atoms with van der Waals surface area (Å²) in [5, 5.41) is 7.55. The first kappa shape index (κ1) is 22.5. The summed E-state index contributed by atoms with van der Waals surface area (Å²) in [6.07, 6.45) is 4.67. The zero-order valence-corrected chi connectivity index (χ0v) is 19.8. The minimum atomic E-state index is 0. The minimum absolute atomic E-state index is 0. The van der Waals surface area contributed by atoms with E-state index in [-0.39, 0.29) is 30.0 Å². The van der Waals surface area contributed by atoms with E-state index in [0.717, 1.165) is 42.9 Å². The quantitative estimate of drug-likeness (QED) is 0.359. The summed E-state index contributed by atoms with van der Waals surface area (Å²) >= 11 is 6.27. The molecule has 1 unspecified atom stereocenters. The molecule has 3 rings (SSSR count). The largest absolute Gasteiger partial charge is 0.353 e. The average Bonchev–Trinajstić information content (AvgIpc) is 3.25. The number of aromatic nitrogens is 3. The van der Waals surface area contributed by atoms with E-state index in [4.69, 9.17) is 11.6 Å². The molecule has 2 N–H and O–H groups in total. The second kappa shape index (κ2) is 10.1. The Morgan fingerprint density at radius 1 is 1.39 bits per heavy atom. The van der Waals surface area contributed by atoms with Crippen LogP contribution in [-0.4, -0.2) is 60.8 Å². The number of guanidine groups is 1. The van der Waals surface area contributed by atoms with Crippen LogP contribution < -0.4 is 20.4 Å². The minimum Gasteiger partial charge on any atom is -0.353 e. The van der Waals surface area contributed by atoms with Gasteiger partial charge >= 0.3 is 0 Å². The third-order valence-corrected chi connectivity index (χ3v) is 4.98. The van der Waals surface area contributed by atoms with Crippen molar-refractivity contribution in [3.63, 3.8) is 0 Å². The highest BCUT2D eigenvalue weighted by Gasteiger charge is 2.25. The molecule has 1 aliphatic heterocycles. The lowest BCUT2D eigenvalue weighted by molar-refractivity contribution is 0.643. The molecule has 0 bridgehead atoms. The molecule has 10 heteroatoms. The van der Waals surface area contributed by atoms with Crippen LogP contribution in [0.25, 0.3) is 0 Å². The third kappa shape index (κ3) is 5.19. The predicted octanol–water partition coefficient (Wildman–Crippen LogP) is 2.10. The number of imidazole rings is 1. The highest BCUT2D eigenvalue weighted by molar-refractivity contribution is 14.0. The summed E-state index contributed by atoms with van der Waals surface area (Å²) < 4.78 is 2.07. The van der Waals surface area contributed by atoms with Gasteiger partial charge in [-0.2, -0.15) is 0 Å². The molecule has 154 valence electrons. The van der Waals surface area contributed by atoms with Gasteiger partial charge in [0.2, 0.25) is 5.95 Å². The van der Waals surface area contributed by atoms with Crippen LogP contribution in [0.4, 0.5) is 11.8 Å². The molecular weight excluding hydrogens is 491 g/mol. The van der Waals surface area contributed by atoms with E-state index in [0.29, 0.717) is 11.6 Å². The highest BCUT2D eigenvalue weighted by atomic mass is 127. The van der Waals surface area contributed by atoms with Crippen LogP contribution in [0.5, 0.6) is 0 Å². The van der Waals surface area contributed by atoms with Gasteiger partial charge in [-0.15, -0.1) is 24.0 Å². The number of anilines is 2. The van der Waals surface area contributed by atoms with Gasteiger partial charge < -0.3 is 25.0 Å². The van der Waals surface area contributed by atoms with Gasteiger partial charge in [0.1, 0.15) is 5.82 Å². The zero-order valence-electron chi connectivity index (χ0n) is 16.7. The summed E-state index contributed by atoms with van der Waals surface area (Å²) in [5.74, 6) is 2.55. The van der Waals surface area contributed by atoms with Crippen LogP contribution in [-0.2, 0) is 13.6 Å². The number of rotatable bonds is 5. The lowest BCUT2D eigenvalue weighted by Gasteiger charge is -2.20. The first-order chi connectivity index (χ1) is 13.0. The summed E-state index contributed by atoms with van der Waals surface area (Å²) in [7, 11) is 7.77. The Morgan fingerprint density at radius 3 is 2.82 bits per heavy atom. The molecule has 0 radical (unpaired) electrons. The van der Waals surface area contributed by atoms with Crippen molar-refractivity contribution < 1.29 is 0 Å². The molecule has 0 spiro atoms. The first-order valence-electron chi connectivity index (χ1n) is 9.00. The molecule has 28 heavy (non-hydrogen) atoms. The predicted molar refractivity (Wildman–Crippen MR) is 126 cm³/mol. The topological polar surface area (TPSA) is 73.6 Å². The monoisotopic (exact) mass is 518 g/mol. The van der Waals surface area contributed by atoms with Gasteiger partial charge in [0.25, 0.3) is 0 Å². The summed E-state index contributed by atoms with van der Waals surface area (Å²) in [5.41, 5.74) is 1.09. The molecule has 2 aromatic rings. The van der Waals surface area contributed by atoms with Gasteiger partial charge in [0.15, 0.2) is 5.96 Å². The SMILES string of the molecule is CN=C(NCc1cnc(N(C)C)n1C)NC1CCN(c2ncccc2Cl)C1.I. The van der Waals surface area contributed by atoms with Crippen LogP contribution in [0.2, 0.25) is 5.02 Å². The Morgan fingerprint density at radius 2 is 2.18 bits per heavy atom. The molecule has 1 atom stereocenters. The van der Waals surface area contributed by atoms with Crippen LogP contribution in [0.3, 0.4) is 0 Å². The van der Waals surface area contributed by atoms with Crippen LogP contribution in [0.1, 0.15) is 12.1 Å². The summed E-state index contributed by atoms with van der Waals surface area (Å²) in [6.45, 7) is 2.41. The van der Waals surface area contributed by atoms with E-state index in [2.05, 4.69) is 35.1 Å². The molecule has 1 saturated heterocycles. The summed E-state index contributed by atoms with van der Waals surface area (Å²) in [4.78, 5) is 17.4. The molecule has 1 fully saturated rings. The van der Waals surface area contributed by atoms with Crippen molar-refractivity contribution in [3.8, 4) is 0 Å². The number of hydrogen-bond acceptors (Lipinski definition) is 5. The Hall–Kier alpha value is -1.75. The highest BCUT2D eigenvalue weighted by Crippen LogP contribution is 2.25. The molecule has 2 aromatic heterocycles. The van der Waals surface area contributed by atoms with Crippen LogP contribution >= 0.6 is 35.6 Å². The van der Waals surface area contributed by atoms with Gasteiger partial charge in [0.05, 0.1) is 23.5 Å². The van der Waals surface area contributed by atoms with E-state index in [1.54, 1.807) is 13.2 Å². The number of pyridine rings is 1. The van der Waals surface area contributed by atoms with E-state index < -0.39 is 0 Å². The van der Waals surface area contributed by atoms with Crippen molar-refractivity contribution in [1.29, 1.82) is 0 Å². The van der Waals surface area contributed by atoms with Crippen molar-refractivity contribution in [1.82, 2.24) is 25.2 Å². The van der Waals surface area contributed by atoms with Crippen molar-refractivity contribution in [2.75, 3.05) is 44.0 Å². The maximum absolute atomic E-state index is 6.27. The average molecular weight is 519 g/mol. The maximum Gasteiger partial charge on any atom is 0.204 e. The second-order valence-corrected chi connectivity index (χ2v) is 7.22. The fourth-order valence-electron chi connectivity index (χ4n) is 3.26. The molecule has 8 nitrogen and oxygen atoms in total. The smallest absolute Gasteiger partial charge is 0.204 e. The number of hydrogen-bond donors (Lipinski definition) is 2. The Labute approximate surface area is 188 Å². The maximum atomic E-state index is 6.27. The molecule has 1 aliphatic rings. The Balaban J connectivity index is 0.00000280. The molecule has 0 aliphatic carbocycles. The third-order valence-electron chi connectivity index (χ3n) is 4.69.